The smallest absolute Gasteiger partial charge is 0.228 e. The van der Waals surface area contributed by atoms with Crippen LogP contribution in [0.1, 0.15) is 23.3 Å². The Balaban J connectivity index is 1.81. The number of nitrogens with one attached hydrogen (secondary N) is 1. The van der Waals surface area contributed by atoms with Crippen molar-refractivity contribution >= 4 is 34.5 Å². The van der Waals surface area contributed by atoms with E-state index in [0.29, 0.717) is 10.9 Å². The van der Waals surface area contributed by atoms with Gasteiger partial charge in [-0.3, -0.25) is 4.79 Å². The number of halogens is 1. The standard InChI is InChI=1S/C15H17ClN2OS/c1-10(13-6-7-14(16)20-13)15(19)18-9-8-11-2-4-12(17)5-3-11/h2-7,10H,8-9,17H2,1H3,(H,18,19). The van der Waals surface area contributed by atoms with E-state index < -0.39 is 0 Å². The average molecular weight is 309 g/mol. The first-order valence-corrected chi connectivity index (χ1v) is 7.63. The van der Waals surface area contributed by atoms with Crippen LogP contribution in [-0.2, 0) is 11.2 Å². The summed E-state index contributed by atoms with van der Waals surface area (Å²) in [5.74, 6) is -0.141. The Morgan fingerprint density at radius 2 is 2.00 bits per heavy atom. The van der Waals surface area contributed by atoms with Crippen LogP contribution in [0.2, 0.25) is 4.34 Å². The number of benzene rings is 1. The second-order valence-electron chi connectivity index (χ2n) is 4.65. The second kappa shape index (κ2) is 6.77. The number of carbonyl (C=O) groups is 1. The minimum absolute atomic E-state index is 0.0268. The van der Waals surface area contributed by atoms with Crippen LogP contribution in [-0.4, -0.2) is 12.5 Å². The van der Waals surface area contributed by atoms with E-state index >= 15 is 0 Å². The highest BCUT2D eigenvalue weighted by Gasteiger charge is 2.16. The number of hydrogen-bond donors (Lipinski definition) is 2. The first-order valence-electron chi connectivity index (χ1n) is 6.43. The van der Waals surface area contributed by atoms with E-state index in [2.05, 4.69) is 5.32 Å². The molecular weight excluding hydrogens is 292 g/mol. The molecule has 0 saturated heterocycles. The van der Waals surface area contributed by atoms with E-state index in [1.807, 2.05) is 43.3 Å². The summed E-state index contributed by atoms with van der Waals surface area (Å²) in [6, 6.07) is 11.4. The number of carbonyl (C=O) groups excluding carboxylic acids is 1. The van der Waals surface area contributed by atoms with Crippen LogP contribution in [0.4, 0.5) is 5.69 Å². The van der Waals surface area contributed by atoms with Gasteiger partial charge in [-0.2, -0.15) is 0 Å². The Morgan fingerprint density at radius 3 is 2.60 bits per heavy atom. The maximum atomic E-state index is 12.0. The predicted octanol–water partition coefficient (Wildman–Crippen LogP) is 3.45. The number of nitrogens with two attached hydrogens (primary N) is 1. The first-order chi connectivity index (χ1) is 9.56. The predicted molar refractivity (Wildman–Crippen MR) is 85.3 cm³/mol. The van der Waals surface area contributed by atoms with Gasteiger partial charge >= 0.3 is 0 Å². The molecule has 5 heteroatoms. The van der Waals surface area contributed by atoms with Crippen LogP contribution in [0, 0.1) is 0 Å². The molecule has 106 valence electrons. The largest absolute Gasteiger partial charge is 0.399 e. The Bertz CT molecular complexity index is 580. The topological polar surface area (TPSA) is 55.1 Å². The third-order valence-corrected chi connectivity index (χ3v) is 4.52. The molecule has 2 aromatic rings. The molecule has 1 heterocycles. The minimum atomic E-state index is -0.168. The zero-order valence-corrected chi connectivity index (χ0v) is 12.8. The van der Waals surface area contributed by atoms with Gasteiger partial charge in [0.25, 0.3) is 0 Å². The molecule has 0 aliphatic rings. The lowest BCUT2D eigenvalue weighted by Crippen LogP contribution is -2.29. The number of thiophene rings is 1. The van der Waals surface area contributed by atoms with Gasteiger partial charge in [0, 0.05) is 17.1 Å². The summed E-state index contributed by atoms with van der Waals surface area (Å²) in [6.07, 6.45) is 0.796. The van der Waals surface area contributed by atoms with Crippen LogP contribution < -0.4 is 11.1 Å². The Kier molecular flexibility index (Phi) is 5.04. The lowest BCUT2D eigenvalue weighted by Gasteiger charge is -2.10. The number of anilines is 1. The van der Waals surface area contributed by atoms with E-state index in [-0.39, 0.29) is 11.8 Å². The molecule has 0 bridgehead atoms. The fourth-order valence-corrected chi connectivity index (χ4v) is 2.97. The van der Waals surface area contributed by atoms with Crippen molar-refractivity contribution in [3.8, 4) is 0 Å². The van der Waals surface area contributed by atoms with Crippen molar-refractivity contribution in [3.05, 3.63) is 51.2 Å². The summed E-state index contributed by atoms with van der Waals surface area (Å²) < 4.78 is 0.710. The summed E-state index contributed by atoms with van der Waals surface area (Å²) >= 11 is 7.33. The zero-order valence-electron chi connectivity index (χ0n) is 11.2. The molecule has 0 radical (unpaired) electrons. The van der Waals surface area contributed by atoms with Crippen molar-refractivity contribution in [1.29, 1.82) is 0 Å². The third kappa shape index (κ3) is 3.99. The Labute approximate surface area is 127 Å². The molecule has 1 unspecified atom stereocenters. The highest BCUT2D eigenvalue weighted by molar-refractivity contribution is 7.16. The maximum Gasteiger partial charge on any atom is 0.228 e. The van der Waals surface area contributed by atoms with E-state index in [9.17, 15) is 4.79 Å². The summed E-state index contributed by atoms with van der Waals surface area (Å²) in [6.45, 7) is 2.51. The molecule has 1 amide bonds. The van der Waals surface area contributed by atoms with Gasteiger partial charge in [0.1, 0.15) is 0 Å². The number of hydrogen-bond acceptors (Lipinski definition) is 3. The molecule has 3 nitrogen and oxygen atoms in total. The average Bonchev–Trinajstić information content (AvgIpc) is 2.86. The summed E-state index contributed by atoms with van der Waals surface area (Å²) in [7, 11) is 0. The van der Waals surface area contributed by atoms with Crippen LogP contribution >= 0.6 is 22.9 Å². The summed E-state index contributed by atoms with van der Waals surface area (Å²) in [5.41, 5.74) is 7.54. The molecule has 0 fully saturated rings. The van der Waals surface area contributed by atoms with Crippen molar-refractivity contribution in [1.82, 2.24) is 5.32 Å². The molecule has 1 atom stereocenters. The molecule has 1 aromatic carbocycles. The molecule has 20 heavy (non-hydrogen) atoms. The molecule has 2 rings (SSSR count). The summed E-state index contributed by atoms with van der Waals surface area (Å²) in [5, 5.41) is 2.95. The van der Waals surface area contributed by atoms with Crippen LogP contribution in [0.3, 0.4) is 0 Å². The minimum Gasteiger partial charge on any atom is -0.399 e. The van der Waals surface area contributed by atoms with Gasteiger partial charge in [0.15, 0.2) is 0 Å². The highest BCUT2D eigenvalue weighted by Crippen LogP contribution is 2.28. The summed E-state index contributed by atoms with van der Waals surface area (Å²) in [4.78, 5) is 13.0. The number of nitrogen functional groups attached to an aromatic ring is 1. The molecular formula is C15H17ClN2OS. The fourth-order valence-electron chi connectivity index (χ4n) is 1.86. The van der Waals surface area contributed by atoms with Gasteiger partial charge in [-0.15, -0.1) is 11.3 Å². The van der Waals surface area contributed by atoms with Gasteiger partial charge in [-0.25, -0.2) is 0 Å². The van der Waals surface area contributed by atoms with Crippen molar-refractivity contribution in [2.45, 2.75) is 19.3 Å². The third-order valence-electron chi connectivity index (χ3n) is 3.11. The normalized spacial score (nSPS) is 12.1. The highest BCUT2D eigenvalue weighted by atomic mass is 35.5. The van der Waals surface area contributed by atoms with E-state index in [1.165, 1.54) is 11.3 Å². The SMILES string of the molecule is CC(C(=O)NCCc1ccc(N)cc1)c1ccc(Cl)s1. The van der Waals surface area contributed by atoms with E-state index in [1.54, 1.807) is 0 Å². The quantitative estimate of drug-likeness (QED) is 0.831. The first kappa shape index (κ1) is 14.9. The van der Waals surface area contributed by atoms with E-state index in [0.717, 1.165) is 22.5 Å². The molecule has 1 aromatic heterocycles. The van der Waals surface area contributed by atoms with E-state index in [4.69, 9.17) is 17.3 Å². The van der Waals surface area contributed by atoms with Crippen molar-refractivity contribution in [3.63, 3.8) is 0 Å². The molecule has 0 saturated carbocycles. The number of amides is 1. The van der Waals surface area contributed by atoms with Crippen molar-refractivity contribution in [2.24, 2.45) is 0 Å². The Morgan fingerprint density at radius 1 is 1.30 bits per heavy atom. The fraction of sp³-hybridized carbons (Fsp3) is 0.267. The Hall–Kier alpha value is -1.52. The van der Waals surface area contributed by atoms with Gasteiger partial charge in [0.05, 0.1) is 10.3 Å². The lowest BCUT2D eigenvalue weighted by molar-refractivity contribution is -0.122. The maximum absolute atomic E-state index is 12.0. The molecule has 3 N–H and O–H groups in total. The van der Waals surface area contributed by atoms with Gasteiger partial charge < -0.3 is 11.1 Å². The molecule has 0 spiro atoms. The lowest BCUT2D eigenvalue weighted by atomic mass is 10.1. The van der Waals surface area contributed by atoms with Crippen molar-refractivity contribution in [2.75, 3.05) is 12.3 Å². The van der Waals surface area contributed by atoms with Crippen LogP contribution in [0.5, 0.6) is 0 Å². The van der Waals surface area contributed by atoms with Gasteiger partial charge in [-0.1, -0.05) is 23.7 Å². The molecule has 0 aliphatic carbocycles. The monoisotopic (exact) mass is 308 g/mol. The zero-order chi connectivity index (χ0) is 14.5. The second-order valence-corrected chi connectivity index (χ2v) is 6.39. The van der Waals surface area contributed by atoms with Crippen LogP contribution in [0.25, 0.3) is 0 Å². The molecule has 0 aliphatic heterocycles. The van der Waals surface area contributed by atoms with Gasteiger partial charge in [-0.05, 0) is 43.2 Å². The number of rotatable bonds is 5. The van der Waals surface area contributed by atoms with Crippen molar-refractivity contribution < 1.29 is 4.79 Å². The van der Waals surface area contributed by atoms with Gasteiger partial charge in [0.2, 0.25) is 5.91 Å². The van der Waals surface area contributed by atoms with Crippen LogP contribution in [0.15, 0.2) is 36.4 Å².